The van der Waals surface area contributed by atoms with E-state index in [0.717, 1.165) is 29.0 Å². The summed E-state index contributed by atoms with van der Waals surface area (Å²) >= 11 is 12.4. The second kappa shape index (κ2) is 7.29. The number of hydrogen-bond donors (Lipinski definition) is 0. The molecule has 124 valence electrons. The molecule has 5 heteroatoms. The van der Waals surface area contributed by atoms with Gasteiger partial charge in [-0.1, -0.05) is 48.7 Å². The van der Waals surface area contributed by atoms with Crippen molar-refractivity contribution >= 4 is 50.9 Å². The number of carbonyl (C=O) groups is 1. The van der Waals surface area contributed by atoms with E-state index in [2.05, 4.69) is 0 Å². The monoisotopic (exact) mass is 362 g/mol. The van der Waals surface area contributed by atoms with Crippen molar-refractivity contribution in [2.45, 2.75) is 19.8 Å². The fraction of sp³-hybridized carbons (Fsp3) is 0.211. The Morgan fingerprint density at radius 2 is 1.92 bits per heavy atom. The predicted octanol–water partition coefficient (Wildman–Crippen LogP) is 6.62. The van der Waals surface area contributed by atoms with Gasteiger partial charge in [-0.3, -0.25) is 0 Å². The van der Waals surface area contributed by atoms with Crippen LogP contribution in [0.15, 0.2) is 42.5 Å². The summed E-state index contributed by atoms with van der Waals surface area (Å²) in [5.74, 6) is 0.395. The third kappa shape index (κ3) is 3.42. The molecule has 0 spiro atoms. The molecule has 0 N–H and O–H groups in total. The van der Waals surface area contributed by atoms with Crippen molar-refractivity contribution < 1.29 is 14.3 Å². The van der Waals surface area contributed by atoms with Gasteiger partial charge in [-0.2, -0.15) is 0 Å². The molecule has 0 saturated heterocycles. The molecule has 0 atom stereocenters. The maximum absolute atomic E-state index is 12.0. The molecule has 3 rings (SSSR count). The van der Waals surface area contributed by atoms with Gasteiger partial charge in [-0.05, 0) is 47.5 Å². The van der Waals surface area contributed by atoms with E-state index in [1.165, 1.54) is 0 Å². The Labute approximate surface area is 150 Å². The summed E-state index contributed by atoms with van der Waals surface area (Å²) in [5.41, 5.74) is 0. The van der Waals surface area contributed by atoms with E-state index >= 15 is 0 Å². The number of hydrogen-bond acceptors (Lipinski definition) is 3. The van der Waals surface area contributed by atoms with Crippen LogP contribution in [-0.4, -0.2) is 12.8 Å². The lowest BCUT2D eigenvalue weighted by atomic mass is 10.0. The van der Waals surface area contributed by atoms with Crippen molar-refractivity contribution in [1.82, 2.24) is 0 Å². The number of halogens is 2. The number of ether oxygens (including phenoxy) is 2. The van der Waals surface area contributed by atoms with Crippen LogP contribution in [0.2, 0.25) is 10.0 Å². The Morgan fingerprint density at radius 1 is 1.08 bits per heavy atom. The molecular weight excluding hydrogens is 347 g/mol. The molecule has 0 saturated carbocycles. The lowest BCUT2D eigenvalue weighted by molar-refractivity contribution is 0.0988. The first kappa shape index (κ1) is 16.9. The Kier molecular flexibility index (Phi) is 5.12. The van der Waals surface area contributed by atoms with Crippen LogP contribution in [0.5, 0.6) is 5.75 Å². The van der Waals surface area contributed by atoms with Crippen molar-refractivity contribution in [1.29, 1.82) is 0 Å². The molecule has 3 nitrogen and oxygen atoms in total. The lowest BCUT2D eigenvalue weighted by Gasteiger charge is -2.13. The summed E-state index contributed by atoms with van der Waals surface area (Å²) in [6.45, 7) is 2.36. The summed E-state index contributed by atoms with van der Waals surface area (Å²) in [5, 5.41) is 4.30. The highest BCUT2D eigenvalue weighted by Crippen LogP contribution is 2.39. The van der Waals surface area contributed by atoms with Crippen molar-refractivity contribution in [3.8, 4) is 5.75 Å². The molecule has 24 heavy (non-hydrogen) atoms. The van der Waals surface area contributed by atoms with E-state index in [0.29, 0.717) is 27.8 Å². The fourth-order valence-electron chi connectivity index (χ4n) is 2.58. The zero-order valence-electron chi connectivity index (χ0n) is 13.1. The highest BCUT2D eigenvalue weighted by Gasteiger charge is 2.16. The third-order valence-corrected chi connectivity index (χ3v) is 4.30. The van der Waals surface area contributed by atoms with Gasteiger partial charge >= 0.3 is 6.16 Å². The Hall–Kier alpha value is -1.97. The second-order valence-corrected chi connectivity index (χ2v) is 6.31. The minimum absolute atomic E-state index is 0.331. The Balaban J connectivity index is 2.12. The lowest BCUT2D eigenvalue weighted by Crippen LogP contribution is -2.12. The number of unbranched alkanes of at least 4 members (excludes halogenated alkanes) is 1. The normalized spacial score (nSPS) is 11.0. The van der Waals surface area contributed by atoms with Crippen LogP contribution in [0.3, 0.4) is 0 Å². The highest BCUT2D eigenvalue weighted by atomic mass is 35.5. The summed E-state index contributed by atoms with van der Waals surface area (Å²) in [4.78, 5) is 12.0. The molecular formula is C19H16Cl2O3. The molecule has 3 aromatic rings. The second-order valence-electron chi connectivity index (χ2n) is 5.46. The van der Waals surface area contributed by atoms with Crippen LogP contribution in [0, 0.1) is 0 Å². The molecule has 0 unspecified atom stereocenters. The van der Waals surface area contributed by atoms with Crippen molar-refractivity contribution in [3.63, 3.8) is 0 Å². The molecule has 0 amide bonds. The van der Waals surface area contributed by atoms with Gasteiger partial charge in [0.15, 0.2) is 5.75 Å². The van der Waals surface area contributed by atoms with Crippen LogP contribution in [0.25, 0.3) is 21.5 Å². The summed E-state index contributed by atoms with van der Waals surface area (Å²) in [7, 11) is 0. The highest BCUT2D eigenvalue weighted by molar-refractivity contribution is 6.37. The molecule has 0 aromatic heterocycles. The molecule has 0 radical (unpaired) electrons. The first-order chi connectivity index (χ1) is 11.6. The van der Waals surface area contributed by atoms with E-state index in [1.807, 2.05) is 37.3 Å². The molecule has 0 heterocycles. The average molecular weight is 363 g/mol. The average Bonchev–Trinajstić information content (AvgIpc) is 2.54. The fourth-order valence-corrected chi connectivity index (χ4v) is 3.03. The molecule has 0 bridgehead atoms. The first-order valence-electron chi connectivity index (χ1n) is 7.75. The van der Waals surface area contributed by atoms with E-state index in [9.17, 15) is 4.79 Å². The Bertz CT molecular complexity index is 905. The van der Waals surface area contributed by atoms with Gasteiger partial charge in [0.05, 0.1) is 11.6 Å². The van der Waals surface area contributed by atoms with Gasteiger partial charge in [0.1, 0.15) is 0 Å². The standard InChI is InChI=1S/C19H16Cl2O3/c1-2-3-9-23-19(22)24-18-15-8-7-14(20)11-13(15)10-12-5-4-6-16(21)17(12)18/h4-8,10-11H,2-3,9H2,1H3. The maximum atomic E-state index is 12.0. The zero-order chi connectivity index (χ0) is 17.1. The number of fused-ring (bicyclic) bond motifs is 2. The summed E-state index contributed by atoms with van der Waals surface area (Å²) in [6.07, 6.45) is 1.00. The maximum Gasteiger partial charge on any atom is 0.513 e. The van der Waals surface area contributed by atoms with Crippen LogP contribution >= 0.6 is 23.2 Å². The summed E-state index contributed by atoms with van der Waals surface area (Å²) < 4.78 is 10.6. The third-order valence-electron chi connectivity index (χ3n) is 3.75. The van der Waals surface area contributed by atoms with E-state index in [4.69, 9.17) is 32.7 Å². The predicted molar refractivity (Wildman–Crippen MR) is 98.4 cm³/mol. The van der Waals surface area contributed by atoms with Gasteiger partial charge in [-0.15, -0.1) is 0 Å². The number of carbonyl (C=O) groups excluding carboxylic acids is 1. The zero-order valence-corrected chi connectivity index (χ0v) is 14.7. The molecule has 0 aliphatic heterocycles. The molecule has 0 aliphatic rings. The van der Waals surface area contributed by atoms with Crippen LogP contribution < -0.4 is 4.74 Å². The molecule has 0 aliphatic carbocycles. The minimum Gasteiger partial charge on any atom is -0.434 e. The quantitative estimate of drug-likeness (QED) is 0.226. The molecule has 0 fully saturated rings. The van der Waals surface area contributed by atoms with Crippen LogP contribution in [0.4, 0.5) is 4.79 Å². The van der Waals surface area contributed by atoms with Gasteiger partial charge in [-0.25, -0.2) is 4.79 Å². The number of rotatable bonds is 4. The van der Waals surface area contributed by atoms with E-state index < -0.39 is 6.16 Å². The van der Waals surface area contributed by atoms with Gasteiger partial charge < -0.3 is 9.47 Å². The largest absolute Gasteiger partial charge is 0.513 e. The molecule has 3 aromatic carbocycles. The van der Waals surface area contributed by atoms with Crippen molar-refractivity contribution in [2.24, 2.45) is 0 Å². The van der Waals surface area contributed by atoms with Crippen LogP contribution in [0.1, 0.15) is 19.8 Å². The van der Waals surface area contributed by atoms with E-state index in [-0.39, 0.29) is 0 Å². The van der Waals surface area contributed by atoms with Gasteiger partial charge in [0.25, 0.3) is 0 Å². The van der Waals surface area contributed by atoms with Crippen molar-refractivity contribution in [3.05, 3.63) is 52.5 Å². The first-order valence-corrected chi connectivity index (χ1v) is 8.51. The van der Waals surface area contributed by atoms with Gasteiger partial charge in [0.2, 0.25) is 0 Å². The Morgan fingerprint density at radius 3 is 2.71 bits per heavy atom. The van der Waals surface area contributed by atoms with Crippen LogP contribution in [-0.2, 0) is 4.74 Å². The van der Waals surface area contributed by atoms with E-state index in [1.54, 1.807) is 12.1 Å². The smallest absolute Gasteiger partial charge is 0.434 e. The number of benzene rings is 3. The SMILES string of the molecule is CCCCOC(=O)Oc1c2ccc(Cl)cc2cc2cccc(Cl)c12. The van der Waals surface area contributed by atoms with Gasteiger partial charge in [0, 0.05) is 15.8 Å². The minimum atomic E-state index is -0.730. The van der Waals surface area contributed by atoms with Crippen molar-refractivity contribution in [2.75, 3.05) is 6.61 Å². The summed E-state index contributed by atoms with van der Waals surface area (Å²) in [6, 6.07) is 12.9. The topological polar surface area (TPSA) is 35.5 Å².